The lowest BCUT2D eigenvalue weighted by Gasteiger charge is -2.34. The maximum atomic E-state index is 11.3. The fourth-order valence-electron chi connectivity index (χ4n) is 3.70. The topological polar surface area (TPSA) is 52.6 Å². The van der Waals surface area contributed by atoms with Gasteiger partial charge < -0.3 is 15.3 Å². The van der Waals surface area contributed by atoms with Crippen molar-refractivity contribution >= 4 is 11.7 Å². The van der Waals surface area contributed by atoms with Crippen LogP contribution in [-0.2, 0) is 0 Å². The van der Waals surface area contributed by atoms with E-state index in [0.29, 0.717) is 11.0 Å². The van der Waals surface area contributed by atoms with E-state index < -0.39 is 5.97 Å². The molecule has 108 valence electrons. The van der Waals surface area contributed by atoms with Crippen LogP contribution in [-0.4, -0.2) is 37.3 Å². The maximum absolute atomic E-state index is 11.3. The Balaban J connectivity index is 1.84. The second kappa shape index (κ2) is 5.09. The zero-order valence-electron chi connectivity index (χ0n) is 12.0. The molecule has 1 aromatic rings. The fourth-order valence-corrected chi connectivity index (χ4v) is 3.70. The summed E-state index contributed by atoms with van der Waals surface area (Å²) in [5.74, 6) is -0.833. The zero-order valence-corrected chi connectivity index (χ0v) is 12.0. The number of piperidine rings is 1. The van der Waals surface area contributed by atoms with Crippen LogP contribution < -0.4 is 10.2 Å². The van der Waals surface area contributed by atoms with E-state index in [-0.39, 0.29) is 0 Å². The van der Waals surface area contributed by atoms with Gasteiger partial charge in [0.15, 0.2) is 0 Å². The Labute approximate surface area is 119 Å². The predicted molar refractivity (Wildman–Crippen MR) is 79.5 cm³/mol. The molecule has 2 aliphatic heterocycles. The second-order valence-electron chi connectivity index (χ2n) is 6.18. The van der Waals surface area contributed by atoms with Crippen molar-refractivity contribution in [2.75, 3.05) is 31.1 Å². The minimum atomic E-state index is -0.833. The highest BCUT2D eigenvalue weighted by molar-refractivity contribution is 5.91. The fraction of sp³-hybridized carbons (Fsp3) is 0.562. The van der Waals surface area contributed by atoms with Crippen LogP contribution in [0.4, 0.5) is 5.69 Å². The monoisotopic (exact) mass is 274 g/mol. The van der Waals surface area contributed by atoms with Crippen molar-refractivity contribution in [2.45, 2.75) is 26.2 Å². The van der Waals surface area contributed by atoms with E-state index in [0.717, 1.165) is 37.4 Å². The number of carboxylic acid groups (broad SMARTS) is 1. The summed E-state index contributed by atoms with van der Waals surface area (Å²) in [6.07, 6.45) is 3.70. The molecule has 2 heterocycles. The van der Waals surface area contributed by atoms with Crippen molar-refractivity contribution in [1.82, 2.24) is 5.32 Å². The molecule has 0 unspecified atom stereocenters. The molecule has 0 aliphatic carbocycles. The van der Waals surface area contributed by atoms with E-state index in [9.17, 15) is 9.90 Å². The Bertz CT molecular complexity index is 521. The summed E-state index contributed by atoms with van der Waals surface area (Å²) in [6, 6.07) is 5.61. The minimum absolute atomic E-state index is 0.425. The van der Waals surface area contributed by atoms with Gasteiger partial charge in [-0.25, -0.2) is 4.79 Å². The van der Waals surface area contributed by atoms with Gasteiger partial charge in [-0.3, -0.25) is 0 Å². The molecule has 1 spiro atoms. The van der Waals surface area contributed by atoms with Crippen molar-refractivity contribution in [3.05, 3.63) is 29.3 Å². The quantitative estimate of drug-likeness (QED) is 0.868. The second-order valence-corrected chi connectivity index (χ2v) is 6.18. The van der Waals surface area contributed by atoms with Crippen LogP contribution in [0.25, 0.3) is 0 Å². The molecule has 2 saturated heterocycles. The molecular weight excluding hydrogens is 252 g/mol. The lowest BCUT2D eigenvalue weighted by Crippen LogP contribution is -2.38. The van der Waals surface area contributed by atoms with Crippen LogP contribution in [0.3, 0.4) is 0 Å². The number of rotatable bonds is 2. The molecule has 2 fully saturated rings. The van der Waals surface area contributed by atoms with E-state index in [2.05, 4.69) is 16.3 Å². The molecule has 0 aromatic heterocycles. The number of carboxylic acids is 1. The van der Waals surface area contributed by atoms with Crippen LogP contribution >= 0.6 is 0 Å². The summed E-state index contributed by atoms with van der Waals surface area (Å²) in [5, 5.41) is 12.7. The molecule has 2 aliphatic rings. The first-order chi connectivity index (χ1) is 9.61. The zero-order chi connectivity index (χ0) is 14.2. The minimum Gasteiger partial charge on any atom is -0.478 e. The van der Waals surface area contributed by atoms with E-state index >= 15 is 0 Å². The average Bonchev–Trinajstić information content (AvgIpc) is 2.83. The van der Waals surface area contributed by atoms with E-state index in [1.165, 1.54) is 19.3 Å². The predicted octanol–water partition coefficient (Wildman–Crippen LogP) is 2.27. The molecule has 4 heteroatoms. The highest BCUT2D eigenvalue weighted by atomic mass is 16.4. The Morgan fingerprint density at radius 2 is 2.05 bits per heavy atom. The summed E-state index contributed by atoms with van der Waals surface area (Å²) < 4.78 is 0. The van der Waals surface area contributed by atoms with Gasteiger partial charge in [0.05, 0.1) is 5.56 Å². The van der Waals surface area contributed by atoms with Gasteiger partial charge in [0.2, 0.25) is 0 Å². The maximum Gasteiger partial charge on any atom is 0.336 e. The number of carbonyl (C=O) groups is 1. The SMILES string of the molecule is Cc1c(C(=O)O)cccc1N1CCC2(CCNCC2)C1. The molecule has 2 N–H and O–H groups in total. The van der Waals surface area contributed by atoms with Gasteiger partial charge in [-0.2, -0.15) is 0 Å². The highest BCUT2D eigenvalue weighted by Crippen LogP contribution is 2.41. The first-order valence-electron chi connectivity index (χ1n) is 7.40. The van der Waals surface area contributed by atoms with Crippen LogP contribution in [0.15, 0.2) is 18.2 Å². The van der Waals surface area contributed by atoms with Crippen LogP contribution in [0.1, 0.15) is 35.2 Å². The molecule has 0 saturated carbocycles. The van der Waals surface area contributed by atoms with E-state index in [1.807, 2.05) is 13.0 Å². The van der Waals surface area contributed by atoms with Crippen molar-refractivity contribution in [3.63, 3.8) is 0 Å². The third-order valence-corrected chi connectivity index (χ3v) is 4.98. The lowest BCUT2D eigenvalue weighted by molar-refractivity contribution is 0.0696. The smallest absolute Gasteiger partial charge is 0.336 e. The number of anilines is 1. The average molecular weight is 274 g/mol. The Hall–Kier alpha value is -1.55. The Kier molecular flexibility index (Phi) is 3.42. The summed E-state index contributed by atoms with van der Waals surface area (Å²) in [5.41, 5.74) is 2.86. The van der Waals surface area contributed by atoms with Gasteiger partial charge in [0, 0.05) is 18.8 Å². The largest absolute Gasteiger partial charge is 0.478 e. The summed E-state index contributed by atoms with van der Waals surface area (Å²) >= 11 is 0. The van der Waals surface area contributed by atoms with E-state index in [4.69, 9.17) is 0 Å². The summed E-state index contributed by atoms with van der Waals surface area (Å²) in [4.78, 5) is 13.6. The normalized spacial score (nSPS) is 21.4. The number of nitrogens with zero attached hydrogens (tertiary/aromatic N) is 1. The van der Waals surface area contributed by atoms with Crippen molar-refractivity contribution < 1.29 is 9.90 Å². The Morgan fingerprint density at radius 1 is 1.30 bits per heavy atom. The van der Waals surface area contributed by atoms with Crippen molar-refractivity contribution in [3.8, 4) is 0 Å². The van der Waals surface area contributed by atoms with Crippen LogP contribution in [0.2, 0.25) is 0 Å². The van der Waals surface area contributed by atoms with Gasteiger partial charge in [0.1, 0.15) is 0 Å². The first kappa shape index (κ1) is 13.4. The first-order valence-corrected chi connectivity index (χ1v) is 7.40. The van der Waals surface area contributed by atoms with E-state index in [1.54, 1.807) is 6.07 Å². The highest BCUT2D eigenvalue weighted by Gasteiger charge is 2.39. The number of hydrogen-bond acceptors (Lipinski definition) is 3. The van der Waals surface area contributed by atoms with Crippen molar-refractivity contribution in [2.24, 2.45) is 5.41 Å². The van der Waals surface area contributed by atoms with Gasteiger partial charge in [0.25, 0.3) is 0 Å². The molecule has 1 aromatic carbocycles. The molecule has 0 bridgehead atoms. The number of benzene rings is 1. The van der Waals surface area contributed by atoms with Crippen molar-refractivity contribution in [1.29, 1.82) is 0 Å². The molecule has 0 radical (unpaired) electrons. The molecule has 4 nitrogen and oxygen atoms in total. The van der Waals surface area contributed by atoms with Gasteiger partial charge >= 0.3 is 5.97 Å². The lowest BCUT2D eigenvalue weighted by atomic mass is 9.78. The third kappa shape index (κ3) is 2.29. The number of hydrogen-bond donors (Lipinski definition) is 2. The number of aromatic carboxylic acids is 1. The van der Waals surface area contributed by atoms with Gasteiger partial charge in [-0.05, 0) is 62.4 Å². The standard InChI is InChI=1S/C16H22N2O2/c1-12-13(15(19)20)3-2-4-14(12)18-10-7-16(11-18)5-8-17-9-6-16/h2-4,17H,5-11H2,1H3,(H,19,20). The molecule has 0 atom stereocenters. The molecule has 0 amide bonds. The molecule has 20 heavy (non-hydrogen) atoms. The van der Waals surface area contributed by atoms with Gasteiger partial charge in [-0.15, -0.1) is 0 Å². The van der Waals surface area contributed by atoms with Gasteiger partial charge in [-0.1, -0.05) is 6.07 Å². The Morgan fingerprint density at radius 3 is 2.75 bits per heavy atom. The van der Waals surface area contributed by atoms with Crippen LogP contribution in [0.5, 0.6) is 0 Å². The summed E-state index contributed by atoms with van der Waals surface area (Å²) in [7, 11) is 0. The number of nitrogens with one attached hydrogen (secondary N) is 1. The third-order valence-electron chi connectivity index (χ3n) is 4.98. The molecule has 3 rings (SSSR count). The summed E-state index contributed by atoms with van der Waals surface area (Å²) in [6.45, 7) is 6.26. The molecular formula is C16H22N2O2. The van der Waals surface area contributed by atoms with Crippen LogP contribution in [0, 0.1) is 12.3 Å².